The normalized spacial score (nSPS) is 11.1. The number of sulfonamides is 1. The number of halogens is 1. The molecule has 0 radical (unpaired) electrons. The number of benzene rings is 2. The van der Waals surface area contributed by atoms with Crippen molar-refractivity contribution in [3.05, 3.63) is 53.1 Å². The quantitative estimate of drug-likeness (QED) is 0.747. The molecule has 0 heterocycles. The number of anilines is 2. The number of nitrogens with two attached hydrogens (primary N) is 1. The minimum atomic E-state index is -4.10. The van der Waals surface area contributed by atoms with E-state index in [0.29, 0.717) is 5.02 Å². The smallest absolute Gasteiger partial charge is 0.337 e. The van der Waals surface area contributed by atoms with E-state index in [1.54, 1.807) is 12.1 Å². The van der Waals surface area contributed by atoms with E-state index in [4.69, 9.17) is 22.4 Å². The van der Waals surface area contributed by atoms with Gasteiger partial charge in [0.15, 0.2) is 0 Å². The Morgan fingerprint density at radius 1 is 1.19 bits per heavy atom. The molecule has 0 fully saturated rings. The van der Waals surface area contributed by atoms with Crippen LogP contribution < -0.4 is 10.5 Å². The van der Waals surface area contributed by atoms with Gasteiger partial charge in [-0.2, -0.15) is 0 Å². The number of hydrogen-bond acceptors (Lipinski definition) is 4. The Kier molecular flexibility index (Phi) is 4.06. The van der Waals surface area contributed by atoms with Crippen LogP contribution in [0.15, 0.2) is 47.4 Å². The van der Waals surface area contributed by atoms with Crippen LogP contribution in [0.5, 0.6) is 0 Å². The van der Waals surface area contributed by atoms with Crippen molar-refractivity contribution < 1.29 is 18.3 Å². The first-order chi connectivity index (χ1) is 9.79. The van der Waals surface area contributed by atoms with Gasteiger partial charge in [0.05, 0.1) is 11.3 Å². The lowest BCUT2D eigenvalue weighted by molar-refractivity contribution is 0.0692. The third kappa shape index (κ3) is 3.45. The lowest BCUT2D eigenvalue weighted by atomic mass is 10.2. The topological polar surface area (TPSA) is 109 Å². The first-order valence-electron chi connectivity index (χ1n) is 5.71. The maximum Gasteiger partial charge on any atom is 0.337 e. The molecule has 0 unspecified atom stereocenters. The van der Waals surface area contributed by atoms with Crippen molar-refractivity contribution >= 4 is 39.0 Å². The van der Waals surface area contributed by atoms with Crippen molar-refractivity contribution in [1.82, 2.24) is 0 Å². The Labute approximate surface area is 126 Å². The molecule has 2 aromatic carbocycles. The Bertz CT molecular complexity index is 806. The number of carboxylic acid groups (broad SMARTS) is 1. The van der Waals surface area contributed by atoms with E-state index in [-0.39, 0.29) is 16.9 Å². The highest BCUT2D eigenvalue weighted by molar-refractivity contribution is 7.92. The lowest BCUT2D eigenvalue weighted by Gasteiger charge is -2.11. The molecular weight excluding hydrogens is 316 g/mol. The Hall–Kier alpha value is -2.25. The third-order valence-electron chi connectivity index (χ3n) is 2.60. The zero-order chi connectivity index (χ0) is 15.6. The zero-order valence-electron chi connectivity index (χ0n) is 10.6. The second-order valence-corrected chi connectivity index (χ2v) is 6.26. The molecule has 0 atom stereocenters. The molecule has 110 valence electrons. The van der Waals surface area contributed by atoms with E-state index in [9.17, 15) is 13.2 Å². The number of nitrogen functional groups attached to an aromatic ring is 1. The summed E-state index contributed by atoms with van der Waals surface area (Å²) in [4.78, 5) is 10.7. The van der Waals surface area contributed by atoms with Gasteiger partial charge in [-0.3, -0.25) is 4.72 Å². The van der Waals surface area contributed by atoms with Crippen LogP contribution in [0.4, 0.5) is 11.4 Å². The number of carbonyl (C=O) groups is 1. The van der Waals surface area contributed by atoms with Crippen LogP contribution in [0, 0.1) is 0 Å². The highest BCUT2D eigenvalue weighted by Crippen LogP contribution is 2.23. The maximum atomic E-state index is 12.3. The summed E-state index contributed by atoms with van der Waals surface area (Å²) >= 11 is 5.78. The van der Waals surface area contributed by atoms with Gasteiger partial charge in [0.2, 0.25) is 0 Å². The zero-order valence-corrected chi connectivity index (χ0v) is 12.1. The van der Waals surface area contributed by atoms with E-state index in [2.05, 4.69) is 4.72 Å². The average molecular weight is 327 g/mol. The fourth-order valence-electron chi connectivity index (χ4n) is 1.70. The number of hydrogen-bond donors (Lipinski definition) is 3. The molecule has 2 rings (SSSR count). The van der Waals surface area contributed by atoms with Crippen LogP contribution in [0.25, 0.3) is 0 Å². The standard InChI is InChI=1S/C13H11ClN2O4S/c14-8-2-1-3-10(6-8)16-21(19,20)12-7-9(15)4-5-11(12)13(17)18/h1-7,16H,15H2,(H,17,18). The first kappa shape index (κ1) is 15.1. The van der Waals surface area contributed by atoms with Gasteiger partial charge in [0.1, 0.15) is 4.90 Å². The minimum absolute atomic E-state index is 0.145. The molecule has 0 aliphatic heterocycles. The van der Waals surface area contributed by atoms with Crippen LogP contribution >= 0.6 is 11.6 Å². The van der Waals surface area contributed by atoms with Gasteiger partial charge >= 0.3 is 5.97 Å². The molecule has 0 aliphatic rings. The maximum absolute atomic E-state index is 12.3. The summed E-state index contributed by atoms with van der Waals surface area (Å²) in [5.74, 6) is -1.36. The van der Waals surface area contributed by atoms with Gasteiger partial charge < -0.3 is 10.8 Å². The van der Waals surface area contributed by atoms with Crippen LogP contribution in [-0.4, -0.2) is 19.5 Å². The largest absolute Gasteiger partial charge is 0.478 e. The summed E-state index contributed by atoms with van der Waals surface area (Å²) < 4.78 is 26.9. The Morgan fingerprint density at radius 2 is 1.90 bits per heavy atom. The minimum Gasteiger partial charge on any atom is -0.478 e. The summed E-state index contributed by atoms with van der Waals surface area (Å²) in [5.41, 5.74) is 5.54. The van der Waals surface area contributed by atoms with Crippen molar-refractivity contribution in [2.75, 3.05) is 10.5 Å². The van der Waals surface area contributed by atoms with Crippen molar-refractivity contribution in [2.45, 2.75) is 4.90 Å². The number of aromatic carboxylic acids is 1. The fourth-order valence-corrected chi connectivity index (χ4v) is 3.17. The number of rotatable bonds is 4. The molecule has 0 amide bonds. The molecule has 0 saturated heterocycles. The van der Waals surface area contributed by atoms with E-state index >= 15 is 0 Å². The number of carboxylic acids is 1. The van der Waals surface area contributed by atoms with E-state index in [1.165, 1.54) is 18.2 Å². The lowest BCUT2D eigenvalue weighted by Crippen LogP contribution is -2.17. The second kappa shape index (κ2) is 5.63. The van der Waals surface area contributed by atoms with Crippen LogP contribution in [0.2, 0.25) is 5.02 Å². The highest BCUT2D eigenvalue weighted by atomic mass is 35.5. The van der Waals surface area contributed by atoms with Crippen LogP contribution in [-0.2, 0) is 10.0 Å². The first-order valence-corrected chi connectivity index (χ1v) is 7.57. The van der Waals surface area contributed by atoms with Crippen LogP contribution in [0.1, 0.15) is 10.4 Å². The third-order valence-corrected chi connectivity index (χ3v) is 4.26. The van der Waals surface area contributed by atoms with Gasteiger partial charge in [-0.15, -0.1) is 0 Å². The predicted molar refractivity (Wildman–Crippen MR) is 80.1 cm³/mol. The number of nitrogens with one attached hydrogen (secondary N) is 1. The van der Waals surface area contributed by atoms with Gasteiger partial charge in [0, 0.05) is 10.7 Å². The summed E-state index contributed by atoms with van der Waals surface area (Å²) in [6.45, 7) is 0. The summed E-state index contributed by atoms with van der Waals surface area (Å²) in [6.07, 6.45) is 0. The molecule has 6 nitrogen and oxygen atoms in total. The molecule has 8 heteroatoms. The summed E-state index contributed by atoms with van der Waals surface area (Å²) in [5, 5.41) is 9.42. The van der Waals surface area contributed by atoms with Crippen molar-refractivity contribution in [3.63, 3.8) is 0 Å². The monoisotopic (exact) mass is 326 g/mol. The SMILES string of the molecule is Nc1ccc(C(=O)O)c(S(=O)(=O)Nc2cccc(Cl)c2)c1. The molecule has 4 N–H and O–H groups in total. The fraction of sp³-hybridized carbons (Fsp3) is 0. The molecular formula is C13H11ClN2O4S. The Morgan fingerprint density at radius 3 is 2.52 bits per heavy atom. The van der Waals surface area contributed by atoms with E-state index in [0.717, 1.165) is 12.1 Å². The molecule has 0 aliphatic carbocycles. The van der Waals surface area contributed by atoms with Gasteiger partial charge in [0.25, 0.3) is 10.0 Å². The average Bonchev–Trinajstić information content (AvgIpc) is 2.37. The van der Waals surface area contributed by atoms with Crippen molar-refractivity contribution in [2.24, 2.45) is 0 Å². The molecule has 0 saturated carbocycles. The van der Waals surface area contributed by atoms with Gasteiger partial charge in [-0.1, -0.05) is 17.7 Å². The predicted octanol–water partition coefficient (Wildman–Crippen LogP) is 2.42. The van der Waals surface area contributed by atoms with Gasteiger partial charge in [-0.25, -0.2) is 13.2 Å². The summed E-state index contributed by atoms with van der Waals surface area (Å²) in [6, 6.07) is 9.62. The van der Waals surface area contributed by atoms with Crippen LogP contribution in [0.3, 0.4) is 0 Å². The van der Waals surface area contributed by atoms with E-state index < -0.39 is 20.9 Å². The molecule has 0 aromatic heterocycles. The molecule has 0 bridgehead atoms. The van der Waals surface area contributed by atoms with Crippen molar-refractivity contribution in [3.8, 4) is 0 Å². The van der Waals surface area contributed by atoms with E-state index in [1.807, 2.05) is 0 Å². The molecule has 21 heavy (non-hydrogen) atoms. The Balaban J connectivity index is 2.49. The van der Waals surface area contributed by atoms with Crippen molar-refractivity contribution in [1.29, 1.82) is 0 Å². The van der Waals surface area contributed by atoms with Gasteiger partial charge in [-0.05, 0) is 36.4 Å². The second-order valence-electron chi connectivity index (χ2n) is 4.18. The summed E-state index contributed by atoms with van der Waals surface area (Å²) in [7, 11) is -4.10. The molecule has 0 spiro atoms. The highest BCUT2D eigenvalue weighted by Gasteiger charge is 2.22. The molecule has 2 aromatic rings.